The lowest BCUT2D eigenvalue weighted by Gasteiger charge is -1.87. The van der Waals surface area contributed by atoms with Gasteiger partial charge in [-0.1, -0.05) is 30.3 Å². The van der Waals surface area contributed by atoms with Gasteiger partial charge in [-0.2, -0.15) is 0 Å². The molecule has 0 heterocycles. The highest BCUT2D eigenvalue weighted by atomic mass is 16.4. The van der Waals surface area contributed by atoms with Gasteiger partial charge in [0, 0.05) is 12.7 Å². The smallest absolute Gasteiger partial charge is 0.328 e. The Morgan fingerprint density at radius 2 is 1.86 bits per heavy atom. The van der Waals surface area contributed by atoms with Gasteiger partial charge >= 0.3 is 5.97 Å². The maximum absolute atomic E-state index is 10.1. The number of aliphatic hydroxyl groups excluding tert-OH is 1. The monoisotopic (exact) mass is 194 g/mol. The van der Waals surface area contributed by atoms with Crippen molar-refractivity contribution >= 4 is 12.0 Å². The van der Waals surface area contributed by atoms with Crippen LogP contribution in [0.5, 0.6) is 0 Å². The van der Waals surface area contributed by atoms with Crippen LogP contribution in [0.3, 0.4) is 0 Å². The average molecular weight is 194 g/mol. The molecular formula is C11H14O3. The summed E-state index contributed by atoms with van der Waals surface area (Å²) in [6.07, 6.45) is 2.68. The molecule has 1 aromatic carbocycles. The Hall–Kier alpha value is -1.61. The summed E-state index contributed by atoms with van der Waals surface area (Å²) < 4.78 is 0. The normalized spacial score (nSPS) is 9.29. The van der Waals surface area contributed by atoms with E-state index < -0.39 is 5.97 Å². The summed E-state index contributed by atoms with van der Waals surface area (Å²) in [6, 6.07) is 9.31. The summed E-state index contributed by atoms with van der Waals surface area (Å²) in [5.41, 5.74) is 0.898. The first kappa shape index (κ1) is 12.4. The molecule has 0 atom stereocenters. The van der Waals surface area contributed by atoms with E-state index in [9.17, 15) is 4.79 Å². The number of hydrogen-bond acceptors (Lipinski definition) is 2. The van der Waals surface area contributed by atoms with Crippen LogP contribution in [0.4, 0.5) is 0 Å². The number of benzene rings is 1. The minimum absolute atomic E-state index is 0.250. The van der Waals surface area contributed by atoms with Gasteiger partial charge in [0.1, 0.15) is 0 Å². The maximum atomic E-state index is 10.1. The molecule has 2 N–H and O–H groups in total. The molecule has 0 radical (unpaired) electrons. The Morgan fingerprint density at radius 1 is 1.36 bits per heavy atom. The number of carboxylic acid groups (broad SMARTS) is 1. The number of hydrogen-bond donors (Lipinski definition) is 2. The van der Waals surface area contributed by atoms with E-state index in [-0.39, 0.29) is 6.61 Å². The molecule has 1 rings (SSSR count). The van der Waals surface area contributed by atoms with Crippen LogP contribution in [0.1, 0.15) is 12.5 Å². The van der Waals surface area contributed by atoms with Gasteiger partial charge in [-0.3, -0.25) is 0 Å². The molecule has 14 heavy (non-hydrogen) atoms. The van der Waals surface area contributed by atoms with Crippen molar-refractivity contribution in [1.29, 1.82) is 0 Å². The van der Waals surface area contributed by atoms with Crippen LogP contribution < -0.4 is 0 Å². The first-order valence-corrected chi connectivity index (χ1v) is 4.27. The fraction of sp³-hybridized carbons (Fsp3) is 0.182. The highest BCUT2D eigenvalue weighted by molar-refractivity contribution is 5.85. The molecule has 0 aliphatic rings. The lowest BCUT2D eigenvalue weighted by Crippen LogP contribution is -1.85. The Kier molecular flexibility index (Phi) is 7.09. The van der Waals surface area contributed by atoms with Crippen molar-refractivity contribution in [2.24, 2.45) is 0 Å². The fourth-order valence-electron chi connectivity index (χ4n) is 0.732. The third-order valence-corrected chi connectivity index (χ3v) is 1.22. The van der Waals surface area contributed by atoms with Crippen molar-refractivity contribution < 1.29 is 15.0 Å². The van der Waals surface area contributed by atoms with Crippen LogP contribution in [0.25, 0.3) is 6.08 Å². The Morgan fingerprint density at radius 3 is 2.29 bits per heavy atom. The van der Waals surface area contributed by atoms with Gasteiger partial charge in [-0.25, -0.2) is 4.79 Å². The van der Waals surface area contributed by atoms with E-state index in [2.05, 4.69) is 0 Å². The minimum Gasteiger partial charge on any atom is -0.478 e. The van der Waals surface area contributed by atoms with Crippen LogP contribution in [0.15, 0.2) is 36.4 Å². The molecule has 0 saturated heterocycles. The van der Waals surface area contributed by atoms with E-state index in [1.807, 2.05) is 30.3 Å². The Bertz CT molecular complexity index is 278. The van der Waals surface area contributed by atoms with Gasteiger partial charge in [0.15, 0.2) is 0 Å². The van der Waals surface area contributed by atoms with Gasteiger partial charge in [-0.15, -0.1) is 0 Å². The fourth-order valence-corrected chi connectivity index (χ4v) is 0.732. The van der Waals surface area contributed by atoms with E-state index in [0.717, 1.165) is 11.6 Å². The van der Waals surface area contributed by atoms with Crippen LogP contribution in [0.2, 0.25) is 0 Å². The zero-order chi connectivity index (χ0) is 10.8. The zero-order valence-corrected chi connectivity index (χ0v) is 8.05. The van der Waals surface area contributed by atoms with E-state index in [1.165, 1.54) is 0 Å². The van der Waals surface area contributed by atoms with Crippen LogP contribution in [-0.4, -0.2) is 22.8 Å². The van der Waals surface area contributed by atoms with Gasteiger partial charge in [0.05, 0.1) is 0 Å². The molecule has 76 valence electrons. The second kappa shape index (κ2) is 8.01. The number of rotatable bonds is 2. The molecule has 0 aliphatic heterocycles. The van der Waals surface area contributed by atoms with E-state index in [0.29, 0.717) is 0 Å². The quantitative estimate of drug-likeness (QED) is 0.705. The lowest BCUT2D eigenvalue weighted by atomic mass is 10.2. The number of carboxylic acids is 1. The molecule has 0 spiro atoms. The van der Waals surface area contributed by atoms with Crippen molar-refractivity contribution in [3.05, 3.63) is 42.0 Å². The Labute approximate surface area is 83.3 Å². The van der Waals surface area contributed by atoms with Crippen LogP contribution in [-0.2, 0) is 4.79 Å². The van der Waals surface area contributed by atoms with E-state index in [1.54, 1.807) is 13.0 Å². The number of carbonyl (C=O) groups is 1. The SMILES string of the molecule is CCO.O=C(O)C=Cc1ccccc1. The second-order valence-electron chi connectivity index (χ2n) is 2.40. The van der Waals surface area contributed by atoms with Crippen molar-refractivity contribution in [2.45, 2.75) is 6.92 Å². The third-order valence-electron chi connectivity index (χ3n) is 1.22. The van der Waals surface area contributed by atoms with Crippen molar-refractivity contribution in [1.82, 2.24) is 0 Å². The van der Waals surface area contributed by atoms with Gasteiger partial charge in [0.2, 0.25) is 0 Å². The van der Waals surface area contributed by atoms with Crippen molar-refractivity contribution in [3.63, 3.8) is 0 Å². The molecule has 0 bridgehead atoms. The molecule has 0 saturated carbocycles. The zero-order valence-electron chi connectivity index (χ0n) is 8.05. The summed E-state index contributed by atoms with van der Waals surface area (Å²) >= 11 is 0. The number of aliphatic hydroxyl groups is 1. The minimum atomic E-state index is -0.922. The predicted molar refractivity (Wildman–Crippen MR) is 55.9 cm³/mol. The summed E-state index contributed by atoms with van der Waals surface area (Å²) in [4.78, 5) is 10.1. The first-order valence-electron chi connectivity index (χ1n) is 4.27. The first-order chi connectivity index (χ1) is 6.70. The standard InChI is InChI=1S/C9H8O2.C2H6O/c10-9(11)7-6-8-4-2-1-3-5-8;1-2-3/h1-7H,(H,10,11);3H,2H2,1H3. The van der Waals surface area contributed by atoms with E-state index >= 15 is 0 Å². The average Bonchev–Trinajstić information content (AvgIpc) is 2.18. The second-order valence-corrected chi connectivity index (χ2v) is 2.40. The summed E-state index contributed by atoms with van der Waals surface area (Å²) in [5.74, 6) is -0.922. The molecule has 3 heteroatoms. The summed E-state index contributed by atoms with van der Waals surface area (Å²) in [5, 5.41) is 15.9. The van der Waals surface area contributed by atoms with Crippen molar-refractivity contribution in [2.75, 3.05) is 6.61 Å². The molecule has 0 fully saturated rings. The third kappa shape index (κ3) is 7.06. The van der Waals surface area contributed by atoms with Gasteiger partial charge < -0.3 is 10.2 Å². The van der Waals surface area contributed by atoms with Gasteiger partial charge in [0.25, 0.3) is 0 Å². The predicted octanol–water partition coefficient (Wildman–Crippen LogP) is 1.78. The molecule has 1 aromatic rings. The molecule has 0 amide bonds. The molecular weight excluding hydrogens is 180 g/mol. The van der Waals surface area contributed by atoms with Crippen LogP contribution >= 0.6 is 0 Å². The van der Waals surface area contributed by atoms with Crippen molar-refractivity contribution in [3.8, 4) is 0 Å². The lowest BCUT2D eigenvalue weighted by molar-refractivity contribution is -0.131. The van der Waals surface area contributed by atoms with E-state index in [4.69, 9.17) is 10.2 Å². The molecule has 0 aliphatic carbocycles. The summed E-state index contributed by atoms with van der Waals surface area (Å²) in [7, 11) is 0. The number of aliphatic carboxylic acids is 1. The highest BCUT2D eigenvalue weighted by Crippen LogP contribution is 1.99. The molecule has 0 aromatic heterocycles. The highest BCUT2D eigenvalue weighted by Gasteiger charge is 1.85. The molecule has 3 nitrogen and oxygen atoms in total. The topological polar surface area (TPSA) is 57.5 Å². The van der Waals surface area contributed by atoms with Crippen LogP contribution in [0, 0.1) is 0 Å². The largest absolute Gasteiger partial charge is 0.478 e. The molecule has 0 unspecified atom stereocenters. The van der Waals surface area contributed by atoms with Gasteiger partial charge in [-0.05, 0) is 18.6 Å². The Balaban J connectivity index is 0.000000500. The maximum Gasteiger partial charge on any atom is 0.328 e. The summed E-state index contributed by atoms with van der Waals surface area (Å²) in [6.45, 7) is 1.93.